The molecular weight excluding hydrogens is 242 g/mol. The van der Waals surface area contributed by atoms with Crippen LogP contribution in [0.5, 0.6) is 0 Å². The van der Waals surface area contributed by atoms with Gasteiger partial charge in [-0.3, -0.25) is 0 Å². The Morgan fingerprint density at radius 1 is 1.05 bits per heavy atom. The Balaban J connectivity index is 1.82. The molecule has 0 radical (unpaired) electrons. The van der Waals surface area contributed by atoms with Crippen LogP contribution in [0, 0.1) is 19.8 Å². The maximum Gasteiger partial charge on any atom is 0.0354 e. The molecule has 2 aromatic carbocycles. The van der Waals surface area contributed by atoms with Crippen LogP contribution in [0.1, 0.15) is 34.7 Å². The van der Waals surface area contributed by atoms with Crippen LogP contribution in [0.3, 0.4) is 0 Å². The van der Waals surface area contributed by atoms with Gasteiger partial charge in [0.05, 0.1) is 0 Å². The quantitative estimate of drug-likeness (QED) is 0.877. The van der Waals surface area contributed by atoms with Gasteiger partial charge in [0, 0.05) is 6.04 Å². The van der Waals surface area contributed by atoms with E-state index in [4.69, 9.17) is 0 Å². The third kappa shape index (κ3) is 2.78. The maximum absolute atomic E-state index is 3.70. The van der Waals surface area contributed by atoms with Gasteiger partial charge in [-0.05, 0) is 55.8 Å². The smallest absolute Gasteiger partial charge is 0.0354 e. The largest absolute Gasteiger partial charge is 0.310 e. The molecule has 0 amide bonds. The lowest BCUT2D eigenvalue weighted by Crippen LogP contribution is -2.20. The van der Waals surface area contributed by atoms with Crippen molar-refractivity contribution in [2.75, 3.05) is 6.54 Å². The highest BCUT2D eigenvalue weighted by Crippen LogP contribution is 2.34. The average molecular weight is 265 g/mol. The van der Waals surface area contributed by atoms with E-state index in [2.05, 4.69) is 67.7 Å². The molecular formula is C19H23N. The molecule has 3 rings (SSSR count). The average Bonchev–Trinajstić information content (AvgIpc) is 2.88. The Labute approximate surface area is 122 Å². The van der Waals surface area contributed by atoms with Crippen molar-refractivity contribution in [1.29, 1.82) is 0 Å². The summed E-state index contributed by atoms with van der Waals surface area (Å²) in [5.41, 5.74) is 5.70. The van der Waals surface area contributed by atoms with Gasteiger partial charge in [-0.1, -0.05) is 54.1 Å². The molecule has 0 saturated carbocycles. The van der Waals surface area contributed by atoms with E-state index >= 15 is 0 Å². The lowest BCUT2D eigenvalue weighted by molar-refractivity contribution is 0.458. The molecule has 2 aromatic rings. The Morgan fingerprint density at radius 3 is 2.60 bits per heavy atom. The second-order valence-corrected chi connectivity index (χ2v) is 6.03. The second-order valence-electron chi connectivity index (χ2n) is 6.03. The van der Waals surface area contributed by atoms with Crippen LogP contribution in [0.2, 0.25) is 0 Å². The summed E-state index contributed by atoms with van der Waals surface area (Å²) in [6.07, 6.45) is 2.44. The summed E-state index contributed by atoms with van der Waals surface area (Å²) in [4.78, 5) is 0. The van der Waals surface area contributed by atoms with Crippen LogP contribution >= 0.6 is 0 Å². The maximum atomic E-state index is 3.70. The molecule has 1 N–H and O–H groups in total. The summed E-state index contributed by atoms with van der Waals surface area (Å²) >= 11 is 0. The first-order valence-electron chi connectivity index (χ1n) is 7.58. The van der Waals surface area contributed by atoms with E-state index < -0.39 is 0 Å². The first-order valence-corrected chi connectivity index (χ1v) is 7.58. The molecule has 0 bridgehead atoms. The zero-order valence-electron chi connectivity index (χ0n) is 12.4. The van der Waals surface area contributed by atoms with Crippen LogP contribution in [0.25, 0.3) is 0 Å². The molecule has 1 heterocycles. The highest BCUT2D eigenvalue weighted by molar-refractivity contribution is 5.34. The van der Waals surface area contributed by atoms with Gasteiger partial charge >= 0.3 is 0 Å². The number of rotatable bonds is 3. The molecule has 1 nitrogen and oxygen atoms in total. The monoisotopic (exact) mass is 265 g/mol. The fourth-order valence-corrected chi connectivity index (χ4v) is 3.43. The van der Waals surface area contributed by atoms with E-state index in [1.165, 1.54) is 35.1 Å². The minimum absolute atomic E-state index is 0.510. The Kier molecular flexibility index (Phi) is 3.88. The minimum atomic E-state index is 0.510. The molecule has 1 aliphatic rings. The fraction of sp³-hybridized carbons (Fsp3) is 0.368. The lowest BCUT2D eigenvalue weighted by atomic mass is 9.86. The van der Waals surface area contributed by atoms with E-state index in [1.807, 2.05) is 0 Å². The summed E-state index contributed by atoms with van der Waals surface area (Å²) in [5, 5.41) is 3.70. The van der Waals surface area contributed by atoms with Crippen molar-refractivity contribution in [3.05, 3.63) is 70.8 Å². The zero-order valence-corrected chi connectivity index (χ0v) is 12.4. The highest BCUT2D eigenvalue weighted by Gasteiger charge is 2.28. The molecule has 1 aliphatic heterocycles. The molecule has 20 heavy (non-hydrogen) atoms. The van der Waals surface area contributed by atoms with Gasteiger partial charge in [-0.25, -0.2) is 0 Å². The number of aryl methyl sites for hydroxylation is 2. The van der Waals surface area contributed by atoms with E-state index in [0.717, 1.165) is 6.54 Å². The van der Waals surface area contributed by atoms with Gasteiger partial charge in [-0.2, -0.15) is 0 Å². The number of hydrogen-bond donors (Lipinski definition) is 1. The van der Waals surface area contributed by atoms with Crippen molar-refractivity contribution >= 4 is 0 Å². The lowest BCUT2D eigenvalue weighted by Gasteiger charge is -2.22. The van der Waals surface area contributed by atoms with Crippen molar-refractivity contribution < 1.29 is 0 Å². The molecule has 1 fully saturated rings. The van der Waals surface area contributed by atoms with Crippen molar-refractivity contribution in [1.82, 2.24) is 5.32 Å². The number of nitrogens with one attached hydrogen (secondary N) is 1. The predicted octanol–water partition coefficient (Wildman–Crippen LogP) is 4.20. The van der Waals surface area contributed by atoms with Gasteiger partial charge in [0.15, 0.2) is 0 Å². The molecule has 2 unspecified atom stereocenters. The summed E-state index contributed by atoms with van der Waals surface area (Å²) in [5.74, 6) is 0.707. The molecule has 0 aliphatic carbocycles. The Bertz CT molecular complexity index is 574. The van der Waals surface area contributed by atoms with Crippen molar-refractivity contribution in [2.45, 2.75) is 32.7 Å². The number of benzene rings is 2. The normalized spacial score (nSPS) is 22.1. The fourth-order valence-electron chi connectivity index (χ4n) is 3.43. The van der Waals surface area contributed by atoms with E-state index in [-0.39, 0.29) is 0 Å². The third-order valence-corrected chi connectivity index (χ3v) is 4.45. The van der Waals surface area contributed by atoms with E-state index in [0.29, 0.717) is 12.0 Å². The molecule has 0 aromatic heterocycles. The van der Waals surface area contributed by atoms with Crippen molar-refractivity contribution in [3.8, 4) is 0 Å². The summed E-state index contributed by atoms with van der Waals surface area (Å²) in [7, 11) is 0. The second kappa shape index (κ2) is 5.80. The molecule has 0 spiro atoms. The van der Waals surface area contributed by atoms with Crippen LogP contribution in [0.4, 0.5) is 0 Å². The topological polar surface area (TPSA) is 12.0 Å². The summed E-state index contributed by atoms with van der Waals surface area (Å²) < 4.78 is 0. The molecule has 1 heteroatoms. The van der Waals surface area contributed by atoms with Crippen LogP contribution in [0.15, 0.2) is 48.5 Å². The Hall–Kier alpha value is -1.60. The van der Waals surface area contributed by atoms with Crippen molar-refractivity contribution in [2.24, 2.45) is 5.92 Å². The summed E-state index contributed by atoms with van der Waals surface area (Å²) in [6.45, 7) is 5.54. The first-order chi connectivity index (χ1) is 9.74. The van der Waals surface area contributed by atoms with Gasteiger partial charge in [0.25, 0.3) is 0 Å². The summed E-state index contributed by atoms with van der Waals surface area (Å²) in [6, 6.07) is 18.2. The predicted molar refractivity (Wildman–Crippen MR) is 84.9 cm³/mol. The zero-order chi connectivity index (χ0) is 13.9. The molecule has 1 saturated heterocycles. The van der Waals surface area contributed by atoms with Crippen LogP contribution in [-0.2, 0) is 6.42 Å². The van der Waals surface area contributed by atoms with Gasteiger partial charge < -0.3 is 5.32 Å². The number of hydrogen-bond acceptors (Lipinski definition) is 1. The van der Waals surface area contributed by atoms with Gasteiger partial charge in [0.2, 0.25) is 0 Å². The van der Waals surface area contributed by atoms with E-state index in [9.17, 15) is 0 Å². The highest BCUT2D eigenvalue weighted by atomic mass is 15.0. The van der Waals surface area contributed by atoms with E-state index in [1.54, 1.807) is 0 Å². The van der Waals surface area contributed by atoms with Crippen molar-refractivity contribution in [3.63, 3.8) is 0 Å². The minimum Gasteiger partial charge on any atom is -0.310 e. The molecule has 2 atom stereocenters. The van der Waals surface area contributed by atoms with Crippen LogP contribution < -0.4 is 5.32 Å². The van der Waals surface area contributed by atoms with Crippen LogP contribution in [-0.4, -0.2) is 6.54 Å². The standard InChI is InChI=1S/C19H23N/c1-14-8-9-18(15(2)12-14)19-17(10-11-20-19)13-16-6-4-3-5-7-16/h3-9,12,17,19-20H,10-11,13H2,1-2H3. The van der Waals surface area contributed by atoms with Gasteiger partial charge in [0.1, 0.15) is 0 Å². The first kappa shape index (κ1) is 13.4. The SMILES string of the molecule is Cc1ccc(C2NCCC2Cc2ccccc2)c(C)c1. The third-order valence-electron chi connectivity index (χ3n) is 4.45. The molecule has 104 valence electrons. The van der Waals surface area contributed by atoms with Gasteiger partial charge in [-0.15, -0.1) is 0 Å². The Morgan fingerprint density at radius 2 is 1.85 bits per heavy atom.